The standard InChI is InChI=1S/C17H24FN3O2/c18-14-3-1-13(2-4-14)16(22)11-20-7-9-21(10-8-20)12-17(23)19-15-5-6-15/h1-4,15-16,22H,5-12H2,(H,19,23)/t16-/m0/s1. The molecule has 6 heteroatoms. The van der Waals surface area contributed by atoms with Crippen LogP contribution in [0.5, 0.6) is 0 Å². The summed E-state index contributed by atoms with van der Waals surface area (Å²) in [5.74, 6) is -0.175. The quantitative estimate of drug-likeness (QED) is 0.812. The highest BCUT2D eigenvalue weighted by Gasteiger charge is 2.25. The van der Waals surface area contributed by atoms with Crippen LogP contribution in [0.2, 0.25) is 0 Å². The molecule has 126 valence electrons. The largest absolute Gasteiger partial charge is 0.387 e. The lowest BCUT2D eigenvalue weighted by molar-refractivity contribution is -0.122. The molecule has 0 unspecified atom stereocenters. The van der Waals surface area contributed by atoms with Gasteiger partial charge in [0.25, 0.3) is 0 Å². The molecule has 1 aromatic rings. The summed E-state index contributed by atoms with van der Waals surface area (Å²) in [5.41, 5.74) is 0.734. The average Bonchev–Trinajstić information content (AvgIpc) is 3.33. The van der Waals surface area contributed by atoms with Crippen LogP contribution in [0.25, 0.3) is 0 Å². The summed E-state index contributed by atoms with van der Waals surface area (Å²) < 4.78 is 12.9. The molecule has 0 radical (unpaired) electrons. The lowest BCUT2D eigenvalue weighted by Crippen LogP contribution is -2.50. The maximum atomic E-state index is 12.9. The van der Waals surface area contributed by atoms with Gasteiger partial charge in [0.1, 0.15) is 5.82 Å². The Bertz CT molecular complexity index is 525. The van der Waals surface area contributed by atoms with E-state index in [4.69, 9.17) is 0 Å². The van der Waals surface area contributed by atoms with E-state index in [-0.39, 0.29) is 11.7 Å². The molecule has 1 saturated heterocycles. The molecular weight excluding hydrogens is 297 g/mol. The lowest BCUT2D eigenvalue weighted by Gasteiger charge is -2.35. The number of nitrogens with one attached hydrogen (secondary N) is 1. The monoisotopic (exact) mass is 321 g/mol. The van der Waals surface area contributed by atoms with Gasteiger partial charge in [0.15, 0.2) is 0 Å². The average molecular weight is 321 g/mol. The first-order valence-electron chi connectivity index (χ1n) is 8.28. The van der Waals surface area contributed by atoms with E-state index in [0.717, 1.165) is 44.6 Å². The summed E-state index contributed by atoms with van der Waals surface area (Å²) in [5, 5.41) is 13.2. The van der Waals surface area contributed by atoms with E-state index in [0.29, 0.717) is 19.1 Å². The van der Waals surface area contributed by atoms with Gasteiger partial charge in [-0.25, -0.2) is 4.39 Å². The Morgan fingerprint density at radius 1 is 1.17 bits per heavy atom. The Morgan fingerprint density at radius 2 is 1.78 bits per heavy atom. The van der Waals surface area contributed by atoms with Gasteiger partial charge in [0, 0.05) is 38.8 Å². The zero-order valence-electron chi connectivity index (χ0n) is 13.2. The van der Waals surface area contributed by atoms with Crippen molar-refractivity contribution in [2.24, 2.45) is 0 Å². The molecule has 2 N–H and O–H groups in total. The van der Waals surface area contributed by atoms with Crippen LogP contribution < -0.4 is 5.32 Å². The van der Waals surface area contributed by atoms with Gasteiger partial charge in [-0.3, -0.25) is 14.6 Å². The van der Waals surface area contributed by atoms with Gasteiger partial charge in [-0.1, -0.05) is 12.1 Å². The number of aliphatic hydroxyl groups excluding tert-OH is 1. The Morgan fingerprint density at radius 3 is 2.39 bits per heavy atom. The van der Waals surface area contributed by atoms with Crippen LogP contribution in [0.3, 0.4) is 0 Å². The topological polar surface area (TPSA) is 55.8 Å². The number of aliphatic hydroxyl groups is 1. The number of hydrogen-bond donors (Lipinski definition) is 2. The smallest absolute Gasteiger partial charge is 0.234 e. The van der Waals surface area contributed by atoms with Crippen LogP contribution in [0.15, 0.2) is 24.3 Å². The van der Waals surface area contributed by atoms with Gasteiger partial charge in [-0.2, -0.15) is 0 Å². The number of β-amino-alcohol motifs (C(OH)–C–C–N with tert-alkyl or cyclic N) is 1. The van der Waals surface area contributed by atoms with E-state index >= 15 is 0 Å². The number of hydrogen-bond acceptors (Lipinski definition) is 4. The Labute approximate surface area is 136 Å². The molecule has 0 bridgehead atoms. The number of amides is 1. The van der Waals surface area contributed by atoms with E-state index in [9.17, 15) is 14.3 Å². The van der Waals surface area contributed by atoms with Crippen molar-refractivity contribution < 1.29 is 14.3 Å². The molecule has 5 nitrogen and oxygen atoms in total. The number of halogens is 1. The number of carbonyl (C=O) groups is 1. The number of carbonyl (C=O) groups excluding carboxylic acids is 1. The molecule has 1 aliphatic heterocycles. The lowest BCUT2D eigenvalue weighted by atomic mass is 10.1. The van der Waals surface area contributed by atoms with E-state index in [1.165, 1.54) is 12.1 Å². The van der Waals surface area contributed by atoms with Crippen molar-refractivity contribution in [3.8, 4) is 0 Å². The van der Waals surface area contributed by atoms with Crippen molar-refractivity contribution in [2.75, 3.05) is 39.3 Å². The second-order valence-corrected chi connectivity index (χ2v) is 6.49. The highest BCUT2D eigenvalue weighted by atomic mass is 19.1. The van der Waals surface area contributed by atoms with Crippen LogP contribution in [-0.4, -0.2) is 66.1 Å². The predicted molar refractivity (Wildman–Crippen MR) is 85.4 cm³/mol. The fraction of sp³-hybridized carbons (Fsp3) is 0.588. The summed E-state index contributed by atoms with van der Waals surface area (Å²) in [6, 6.07) is 6.40. The summed E-state index contributed by atoms with van der Waals surface area (Å²) >= 11 is 0. The molecule has 1 amide bonds. The zero-order valence-corrected chi connectivity index (χ0v) is 13.2. The zero-order chi connectivity index (χ0) is 16.2. The summed E-state index contributed by atoms with van der Waals surface area (Å²) in [6.45, 7) is 4.31. The number of piperazine rings is 1. The first-order chi connectivity index (χ1) is 11.1. The molecule has 2 aliphatic rings. The Balaban J connectivity index is 1.39. The number of benzene rings is 1. The minimum atomic E-state index is -0.611. The summed E-state index contributed by atoms with van der Waals surface area (Å²) in [6.07, 6.45) is 1.61. The molecule has 0 aromatic heterocycles. The van der Waals surface area contributed by atoms with Crippen LogP contribution in [0.1, 0.15) is 24.5 Å². The van der Waals surface area contributed by atoms with E-state index in [1.807, 2.05) is 0 Å². The minimum Gasteiger partial charge on any atom is -0.387 e. The molecule has 23 heavy (non-hydrogen) atoms. The fourth-order valence-corrected chi connectivity index (χ4v) is 2.87. The first-order valence-corrected chi connectivity index (χ1v) is 8.28. The molecular formula is C17H24FN3O2. The molecule has 0 spiro atoms. The third-order valence-corrected chi connectivity index (χ3v) is 4.46. The van der Waals surface area contributed by atoms with Gasteiger partial charge in [-0.15, -0.1) is 0 Å². The van der Waals surface area contributed by atoms with Crippen LogP contribution >= 0.6 is 0 Å². The predicted octanol–water partition coefficient (Wildman–Crippen LogP) is 0.755. The fourth-order valence-electron chi connectivity index (χ4n) is 2.87. The highest BCUT2D eigenvalue weighted by Crippen LogP contribution is 2.18. The van der Waals surface area contributed by atoms with Crippen molar-refractivity contribution in [2.45, 2.75) is 25.0 Å². The van der Waals surface area contributed by atoms with Crippen molar-refractivity contribution in [3.63, 3.8) is 0 Å². The van der Waals surface area contributed by atoms with Crippen LogP contribution in [0, 0.1) is 5.82 Å². The number of rotatable bonds is 6. The van der Waals surface area contributed by atoms with Crippen molar-refractivity contribution in [1.82, 2.24) is 15.1 Å². The van der Waals surface area contributed by atoms with E-state index in [2.05, 4.69) is 15.1 Å². The molecule has 1 atom stereocenters. The van der Waals surface area contributed by atoms with Crippen molar-refractivity contribution in [3.05, 3.63) is 35.6 Å². The molecule has 3 rings (SSSR count). The van der Waals surface area contributed by atoms with Crippen LogP contribution in [-0.2, 0) is 4.79 Å². The highest BCUT2D eigenvalue weighted by molar-refractivity contribution is 5.78. The summed E-state index contributed by atoms with van der Waals surface area (Å²) in [4.78, 5) is 16.1. The van der Waals surface area contributed by atoms with Gasteiger partial charge < -0.3 is 10.4 Å². The van der Waals surface area contributed by atoms with Gasteiger partial charge in [-0.05, 0) is 30.5 Å². The normalized spacial score (nSPS) is 21.1. The maximum absolute atomic E-state index is 12.9. The third-order valence-electron chi connectivity index (χ3n) is 4.46. The van der Waals surface area contributed by atoms with Crippen molar-refractivity contribution in [1.29, 1.82) is 0 Å². The molecule has 1 aromatic carbocycles. The second-order valence-electron chi connectivity index (χ2n) is 6.49. The SMILES string of the molecule is O=C(CN1CCN(C[C@H](O)c2ccc(F)cc2)CC1)NC1CC1. The Kier molecular flexibility index (Phi) is 5.25. The summed E-state index contributed by atoms with van der Waals surface area (Å²) in [7, 11) is 0. The molecule has 1 saturated carbocycles. The van der Waals surface area contributed by atoms with Gasteiger partial charge >= 0.3 is 0 Å². The van der Waals surface area contributed by atoms with E-state index < -0.39 is 6.10 Å². The number of nitrogens with zero attached hydrogens (tertiary/aromatic N) is 2. The maximum Gasteiger partial charge on any atom is 0.234 e. The van der Waals surface area contributed by atoms with Crippen LogP contribution in [0.4, 0.5) is 4.39 Å². The van der Waals surface area contributed by atoms with Gasteiger partial charge in [0.05, 0.1) is 12.6 Å². The molecule has 1 aliphatic carbocycles. The van der Waals surface area contributed by atoms with Gasteiger partial charge in [0.2, 0.25) is 5.91 Å². The van der Waals surface area contributed by atoms with Crippen molar-refractivity contribution >= 4 is 5.91 Å². The first kappa shape index (κ1) is 16.4. The molecule has 2 fully saturated rings. The third kappa shape index (κ3) is 4.99. The Hall–Kier alpha value is -1.50. The van der Waals surface area contributed by atoms with E-state index in [1.54, 1.807) is 12.1 Å². The molecule has 1 heterocycles. The minimum absolute atomic E-state index is 0.118. The second kappa shape index (κ2) is 7.38.